The Kier molecular flexibility index (Phi) is 4.89. The Bertz CT molecular complexity index is 41.3. The Morgan fingerprint density at radius 3 is 1.62 bits per heavy atom. The lowest BCUT2D eigenvalue weighted by atomic mass is 10.5. The highest BCUT2D eigenvalue weighted by Gasteiger charge is 1.91. The van der Waals surface area contributed by atoms with Crippen molar-refractivity contribution < 1.29 is 0 Å². The van der Waals surface area contributed by atoms with Crippen LogP contribution in [-0.2, 0) is 0 Å². The van der Waals surface area contributed by atoms with Crippen molar-refractivity contribution in [3.05, 3.63) is 0 Å². The lowest BCUT2D eigenvalue weighted by molar-refractivity contribution is 0.300. The van der Waals surface area contributed by atoms with Crippen LogP contribution in [0.4, 0.5) is 0 Å². The van der Waals surface area contributed by atoms with Gasteiger partial charge in [0.2, 0.25) is 0 Å². The van der Waals surface area contributed by atoms with E-state index in [1.165, 1.54) is 0 Å². The molecule has 8 heavy (non-hydrogen) atoms. The van der Waals surface area contributed by atoms with Crippen LogP contribution < -0.4 is 17.3 Å². The molecule has 0 fully saturated rings. The van der Waals surface area contributed by atoms with E-state index < -0.39 is 0 Å². The van der Waals surface area contributed by atoms with Crippen molar-refractivity contribution in [3.8, 4) is 0 Å². The summed E-state index contributed by atoms with van der Waals surface area (Å²) in [6.45, 7) is 2.63. The molecule has 0 rings (SSSR count). The summed E-state index contributed by atoms with van der Waals surface area (Å²) < 4.78 is 0. The van der Waals surface area contributed by atoms with Gasteiger partial charge in [0.25, 0.3) is 0 Å². The molecule has 4 nitrogen and oxygen atoms in total. The van der Waals surface area contributed by atoms with Gasteiger partial charge in [0.1, 0.15) is 0 Å². The first kappa shape index (κ1) is 7.84. The van der Waals surface area contributed by atoms with Gasteiger partial charge in [-0.2, -0.15) is 0 Å². The molecule has 0 aromatic carbocycles. The zero-order valence-corrected chi connectivity index (χ0v) is 5.01. The topological polar surface area (TPSA) is 81.3 Å². The van der Waals surface area contributed by atoms with E-state index in [1.807, 2.05) is 0 Å². The van der Waals surface area contributed by atoms with Crippen LogP contribution in [-0.4, -0.2) is 31.2 Å². The molecule has 0 aromatic rings. The number of hydrogen-bond acceptors (Lipinski definition) is 4. The lowest BCUT2D eigenvalue weighted by Crippen LogP contribution is -2.39. The van der Waals surface area contributed by atoms with Gasteiger partial charge < -0.3 is 11.5 Å². The fraction of sp³-hybridized carbons (Fsp3) is 1.00. The van der Waals surface area contributed by atoms with Gasteiger partial charge >= 0.3 is 0 Å². The molecule has 0 unspecified atom stereocenters. The van der Waals surface area contributed by atoms with Gasteiger partial charge in [0, 0.05) is 26.2 Å². The van der Waals surface area contributed by atoms with Gasteiger partial charge in [-0.25, -0.2) is 5.01 Å². The van der Waals surface area contributed by atoms with Crippen molar-refractivity contribution >= 4 is 0 Å². The molecule has 6 N–H and O–H groups in total. The summed E-state index contributed by atoms with van der Waals surface area (Å²) >= 11 is 0. The molecule has 0 aliphatic heterocycles. The maximum atomic E-state index is 5.37. The maximum Gasteiger partial charge on any atom is 0.0252 e. The average molecular weight is 118 g/mol. The third-order valence-corrected chi connectivity index (χ3v) is 0.833. The van der Waals surface area contributed by atoms with E-state index in [1.54, 1.807) is 5.01 Å². The third-order valence-electron chi connectivity index (χ3n) is 0.833. The Morgan fingerprint density at radius 1 is 1.00 bits per heavy atom. The fourth-order valence-electron chi connectivity index (χ4n) is 0.443. The first-order valence-electron chi connectivity index (χ1n) is 2.71. The largest absolute Gasteiger partial charge is 0.329 e. The predicted molar refractivity (Wildman–Crippen MR) is 33.9 cm³/mol. The molecule has 0 heterocycles. The Hall–Kier alpha value is -0.160. The zero-order chi connectivity index (χ0) is 6.41. The molecule has 0 saturated carbocycles. The number of nitrogens with zero attached hydrogens (tertiary/aromatic N) is 1. The smallest absolute Gasteiger partial charge is 0.0252 e. The van der Waals surface area contributed by atoms with Crippen LogP contribution in [0.15, 0.2) is 0 Å². The summed E-state index contributed by atoms with van der Waals surface area (Å²) in [5.41, 5.74) is 10.4. The minimum absolute atomic E-state index is 0.594. The second-order valence-corrected chi connectivity index (χ2v) is 1.61. The normalized spacial score (nSPS) is 10.5. The standard InChI is InChI=1S/C4H14N4/c5-1-3-8(7)4-2-6/h1-7H2. The van der Waals surface area contributed by atoms with Crippen LogP contribution >= 0.6 is 0 Å². The van der Waals surface area contributed by atoms with E-state index in [0.717, 1.165) is 13.1 Å². The summed E-state index contributed by atoms with van der Waals surface area (Å²) in [4.78, 5) is 0. The monoisotopic (exact) mass is 118 g/mol. The number of hydrogen-bond donors (Lipinski definition) is 3. The molecular weight excluding hydrogens is 104 g/mol. The van der Waals surface area contributed by atoms with E-state index in [2.05, 4.69) is 0 Å². The van der Waals surface area contributed by atoms with Gasteiger partial charge in [-0.05, 0) is 0 Å². The molecule has 0 amide bonds. The second-order valence-electron chi connectivity index (χ2n) is 1.61. The summed E-state index contributed by atoms with van der Waals surface area (Å²) in [5.74, 6) is 5.37. The predicted octanol–water partition coefficient (Wildman–Crippen LogP) is -1.92. The Balaban J connectivity index is 2.92. The van der Waals surface area contributed by atoms with E-state index in [9.17, 15) is 0 Å². The highest BCUT2D eigenvalue weighted by Crippen LogP contribution is 1.69. The number of rotatable bonds is 4. The molecule has 0 aliphatic rings. The van der Waals surface area contributed by atoms with Crippen molar-refractivity contribution in [2.24, 2.45) is 17.3 Å². The minimum atomic E-state index is 0.594. The average Bonchev–Trinajstić information content (AvgIpc) is 1.68. The van der Waals surface area contributed by atoms with Crippen LogP contribution in [0.1, 0.15) is 0 Å². The minimum Gasteiger partial charge on any atom is -0.329 e. The molecule has 0 radical (unpaired) electrons. The van der Waals surface area contributed by atoms with Crippen molar-refractivity contribution in [3.63, 3.8) is 0 Å². The molecule has 0 bridgehead atoms. The van der Waals surface area contributed by atoms with Crippen LogP contribution in [0.2, 0.25) is 0 Å². The Morgan fingerprint density at radius 2 is 1.38 bits per heavy atom. The zero-order valence-electron chi connectivity index (χ0n) is 5.01. The summed E-state index contributed by atoms with van der Waals surface area (Å²) in [7, 11) is 0. The first-order valence-corrected chi connectivity index (χ1v) is 2.71. The van der Waals surface area contributed by atoms with Gasteiger partial charge in [0.05, 0.1) is 0 Å². The van der Waals surface area contributed by atoms with E-state index >= 15 is 0 Å². The van der Waals surface area contributed by atoms with E-state index in [4.69, 9.17) is 17.3 Å². The molecule has 50 valence electrons. The molecule has 0 aromatic heterocycles. The summed E-state index contributed by atoms with van der Waals surface area (Å²) in [6, 6.07) is 0. The van der Waals surface area contributed by atoms with Gasteiger partial charge in [-0.15, -0.1) is 0 Å². The third kappa shape index (κ3) is 4.01. The Labute approximate surface area is 49.6 Å². The van der Waals surface area contributed by atoms with Crippen LogP contribution in [0.3, 0.4) is 0 Å². The highest BCUT2D eigenvalue weighted by molar-refractivity contribution is 4.47. The van der Waals surface area contributed by atoms with Crippen molar-refractivity contribution in [2.45, 2.75) is 0 Å². The maximum absolute atomic E-state index is 5.37. The van der Waals surface area contributed by atoms with Gasteiger partial charge in [-0.1, -0.05) is 0 Å². The summed E-state index contributed by atoms with van der Waals surface area (Å²) in [5, 5.41) is 1.61. The molecular formula is C4H14N4. The summed E-state index contributed by atoms with van der Waals surface area (Å²) in [6.07, 6.45) is 0. The quantitative estimate of drug-likeness (QED) is 0.297. The molecule has 0 spiro atoms. The molecule has 0 atom stereocenters. The van der Waals surface area contributed by atoms with E-state index in [-0.39, 0.29) is 0 Å². The highest BCUT2D eigenvalue weighted by atomic mass is 15.4. The van der Waals surface area contributed by atoms with Crippen molar-refractivity contribution in [1.82, 2.24) is 5.01 Å². The van der Waals surface area contributed by atoms with E-state index in [0.29, 0.717) is 13.1 Å². The molecule has 0 saturated heterocycles. The number of nitrogens with two attached hydrogens (primary N) is 3. The SMILES string of the molecule is NCCN(N)CCN. The van der Waals surface area contributed by atoms with Crippen LogP contribution in [0.25, 0.3) is 0 Å². The molecule has 0 aliphatic carbocycles. The molecule has 4 heteroatoms. The van der Waals surface area contributed by atoms with Crippen molar-refractivity contribution in [2.75, 3.05) is 26.2 Å². The number of hydrazine groups is 1. The second kappa shape index (κ2) is 4.99. The van der Waals surface area contributed by atoms with Crippen LogP contribution in [0, 0.1) is 0 Å². The van der Waals surface area contributed by atoms with Crippen molar-refractivity contribution in [1.29, 1.82) is 0 Å². The fourth-order valence-corrected chi connectivity index (χ4v) is 0.443. The van der Waals surface area contributed by atoms with Gasteiger partial charge in [-0.3, -0.25) is 5.84 Å². The lowest BCUT2D eigenvalue weighted by Gasteiger charge is -2.12. The van der Waals surface area contributed by atoms with Crippen LogP contribution in [0.5, 0.6) is 0 Å². The van der Waals surface area contributed by atoms with Gasteiger partial charge in [0.15, 0.2) is 0 Å². The first-order chi connectivity index (χ1) is 3.81.